The Morgan fingerprint density at radius 1 is 1.05 bits per heavy atom. The van der Waals surface area contributed by atoms with E-state index in [1.54, 1.807) is 11.3 Å². The lowest BCUT2D eigenvalue weighted by molar-refractivity contribution is 0.131. The smallest absolute Gasteiger partial charge is 0.0645 e. The molecule has 0 amide bonds. The zero-order valence-corrected chi connectivity index (χ0v) is 14.1. The van der Waals surface area contributed by atoms with E-state index in [1.807, 2.05) is 6.21 Å². The van der Waals surface area contributed by atoms with E-state index in [9.17, 15) is 0 Å². The number of hydrazone groups is 1. The van der Waals surface area contributed by atoms with Crippen LogP contribution in [0, 0.1) is 13.8 Å². The summed E-state index contributed by atoms with van der Waals surface area (Å²) in [6.07, 6.45) is 2.01. The van der Waals surface area contributed by atoms with E-state index in [4.69, 9.17) is 0 Å². The van der Waals surface area contributed by atoms with Crippen molar-refractivity contribution in [1.82, 2.24) is 9.91 Å². The molecule has 0 saturated carbocycles. The molecule has 2 aromatic rings. The van der Waals surface area contributed by atoms with Gasteiger partial charge in [0, 0.05) is 37.6 Å². The Morgan fingerprint density at radius 3 is 2.41 bits per heavy atom. The largest absolute Gasteiger partial charge is 0.295 e. The number of thiophene rings is 1. The zero-order chi connectivity index (χ0) is 15.4. The summed E-state index contributed by atoms with van der Waals surface area (Å²) < 4.78 is 0. The van der Waals surface area contributed by atoms with Crippen LogP contribution in [-0.2, 0) is 6.54 Å². The van der Waals surface area contributed by atoms with Crippen molar-refractivity contribution < 1.29 is 0 Å². The minimum absolute atomic E-state index is 1.01. The fourth-order valence-electron chi connectivity index (χ4n) is 2.61. The van der Waals surface area contributed by atoms with Crippen LogP contribution in [0.25, 0.3) is 0 Å². The molecule has 0 aliphatic carbocycles. The minimum Gasteiger partial charge on any atom is -0.295 e. The van der Waals surface area contributed by atoms with Gasteiger partial charge in [0.25, 0.3) is 0 Å². The highest BCUT2D eigenvalue weighted by Crippen LogP contribution is 2.14. The van der Waals surface area contributed by atoms with Gasteiger partial charge >= 0.3 is 0 Å². The molecule has 0 radical (unpaired) electrons. The van der Waals surface area contributed by atoms with E-state index < -0.39 is 0 Å². The van der Waals surface area contributed by atoms with Crippen molar-refractivity contribution in [3.05, 3.63) is 57.3 Å². The van der Waals surface area contributed by atoms with Gasteiger partial charge in [0.1, 0.15) is 0 Å². The number of rotatable bonds is 4. The van der Waals surface area contributed by atoms with Gasteiger partial charge < -0.3 is 0 Å². The van der Waals surface area contributed by atoms with Crippen molar-refractivity contribution in [2.24, 2.45) is 5.10 Å². The van der Waals surface area contributed by atoms with E-state index in [0.717, 1.165) is 32.7 Å². The second kappa shape index (κ2) is 7.07. The van der Waals surface area contributed by atoms with E-state index in [1.165, 1.54) is 21.6 Å². The summed E-state index contributed by atoms with van der Waals surface area (Å²) in [5.41, 5.74) is 4.04. The number of aryl methyl sites for hydroxylation is 2. The average molecular weight is 313 g/mol. The first-order valence-electron chi connectivity index (χ1n) is 7.81. The van der Waals surface area contributed by atoms with Crippen LogP contribution in [0.2, 0.25) is 0 Å². The second-order valence-corrected chi connectivity index (χ2v) is 6.88. The summed E-state index contributed by atoms with van der Waals surface area (Å²) in [5, 5.41) is 8.94. The molecule has 3 nitrogen and oxygen atoms in total. The highest BCUT2D eigenvalue weighted by Gasteiger charge is 2.15. The maximum atomic E-state index is 4.63. The van der Waals surface area contributed by atoms with E-state index >= 15 is 0 Å². The quantitative estimate of drug-likeness (QED) is 0.804. The molecule has 1 aliphatic rings. The zero-order valence-electron chi connectivity index (χ0n) is 13.3. The lowest BCUT2D eigenvalue weighted by Gasteiger charge is -2.33. The third kappa shape index (κ3) is 3.96. The van der Waals surface area contributed by atoms with E-state index in [2.05, 4.69) is 64.6 Å². The van der Waals surface area contributed by atoms with Gasteiger partial charge in [0.2, 0.25) is 0 Å². The SMILES string of the molecule is Cc1ccc(CN2CCN(N=Cc3sccc3C)CC2)cc1. The Balaban J connectivity index is 1.49. The lowest BCUT2D eigenvalue weighted by atomic mass is 10.1. The van der Waals surface area contributed by atoms with Crippen LogP contribution in [0.4, 0.5) is 0 Å². The third-order valence-electron chi connectivity index (χ3n) is 4.12. The Labute approximate surface area is 136 Å². The molecule has 1 saturated heterocycles. The fourth-order valence-corrected chi connectivity index (χ4v) is 3.39. The van der Waals surface area contributed by atoms with Crippen molar-refractivity contribution in [1.29, 1.82) is 0 Å². The van der Waals surface area contributed by atoms with Crippen LogP contribution >= 0.6 is 11.3 Å². The number of piperazine rings is 1. The van der Waals surface area contributed by atoms with Crippen molar-refractivity contribution >= 4 is 17.6 Å². The van der Waals surface area contributed by atoms with Gasteiger partial charge in [-0.2, -0.15) is 5.10 Å². The average Bonchev–Trinajstić information content (AvgIpc) is 2.94. The first-order valence-corrected chi connectivity index (χ1v) is 8.69. The molecular formula is C18H23N3S. The van der Waals surface area contributed by atoms with Crippen molar-refractivity contribution in [3.63, 3.8) is 0 Å². The first-order chi connectivity index (χ1) is 10.7. The van der Waals surface area contributed by atoms with Crippen LogP contribution in [0.1, 0.15) is 21.6 Å². The molecule has 2 heterocycles. The highest BCUT2D eigenvalue weighted by atomic mass is 32.1. The van der Waals surface area contributed by atoms with Gasteiger partial charge in [-0.05, 0) is 36.4 Å². The first kappa shape index (κ1) is 15.3. The van der Waals surface area contributed by atoms with Crippen molar-refractivity contribution in [2.75, 3.05) is 26.2 Å². The van der Waals surface area contributed by atoms with E-state index in [0.29, 0.717) is 0 Å². The summed E-state index contributed by atoms with van der Waals surface area (Å²) in [6, 6.07) is 11.0. The molecule has 1 aromatic heterocycles. The predicted molar refractivity (Wildman–Crippen MR) is 94.7 cm³/mol. The highest BCUT2D eigenvalue weighted by molar-refractivity contribution is 7.11. The molecule has 3 rings (SSSR count). The molecule has 22 heavy (non-hydrogen) atoms. The summed E-state index contributed by atoms with van der Waals surface area (Å²) in [5.74, 6) is 0. The third-order valence-corrected chi connectivity index (χ3v) is 5.07. The van der Waals surface area contributed by atoms with Crippen LogP contribution in [0.15, 0.2) is 40.8 Å². The van der Waals surface area contributed by atoms with Crippen LogP contribution < -0.4 is 0 Å². The number of benzene rings is 1. The molecule has 1 aromatic carbocycles. The molecule has 1 aliphatic heterocycles. The maximum absolute atomic E-state index is 4.63. The number of hydrogen-bond acceptors (Lipinski definition) is 4. The van der Waals surface area contributed by atoms with Crippen molar-refractivity contribution in [2.45, 2.75) is 20.4 Å². The Morgan fingerprint density at radius 2 is 1.77 bits per heavy atom. The minimum atomic E-state index is 1.01. The van der Waals surface area contributed by atoms with Crippen LogP contribution in [-0.4, -0.2) is 42.3 Å². The lowest BCUT2D eigenvalue weighted by Crippen LogP contribution is -2.43. The molecule has 0 atom stereocenters. The molecule has 116 valence electrons. The topological polar surface area (TPSA) is 18.8 Å². The fraction of sp³-hybridized carbons (Fsp3) is 0.389. The maximum Gasteiger partial charge on any atom is 0.0645 e. The van der Waals surface area contributed by atoms with Gasteiger partial charge in [-0.15, -0.1) is 11.3 Å². The summed E-state index contributed by atoms with van der Waals surface area (Å²) in [4.78, 5) is 3.77. The normalized spacial score (nSPS) is 16.5. The van der Waals surface area contributed by atoms with Gasteiger partial charge in [-0.3, -0.25) is 9.91 Å². The molecule has 0 spiro atoms. The Hall–Kier alpha value is -1.65. The van der Waals surface area contributed by atoms with Crippen LogP contribution in [0.5, 0.6) is 0 Å². The van der Waals surface area contributed by atoms with Gasteiger partial charge in [-0.1, -0.05) is 29.8 Å². The standard InChI is InChI=1S/C18H23N3S/c1-15-3-5-17(6-4-15)14-20-8-10-21(11-9-20)19-13-18-16(2)7-12-22-18/h3-7,12-13H,8-11,14H2,1-2H3. The number of hydrogen-bond donors (Lipinski definition) is 0. The van der Waals surface area contributed by atoms with Gasteiger partial charge in [0.05, 0.1) is 6.21 Å². The Kier molecular flexibility index (Phi) is 4.90. The number of nitrogens with zero attached hydrogens (tertiary/aromatic N) is 3. The summed E-state index contributed by atoms with van der Waals surface area (Å²) in [6.45, 7) is 9.48. The van der Waals surface area contributed by atoms with Gasteiger partial charge in [0.15, 0.2) is 0 Å². The molecule has 4 heteroatoms. The van der Waals surface area contributed by atoms with Gasteiger partial charge in [-0.25, -0.2) is 0 Å². The summed E-state index contributed by atoms with van der Waals surface area (Å²) >= 11 is 1.76. The molecule has 0 unspecified atom stereocenters. The van der Waals surface area contributed by atoms with E-state index in [-0.39, 0.29) is 0 Å². The Bertz CT molecular complexity index is 622. The second-order valence-electron chi connectivity index (χ2n) is 5.93. The summed E-state index contributed by atoms with van der Waals surface area (Å²) in [7, 11) is 0. The molecule has 1 fully saturated rings. The monoisotopic (exact) mass is 313 g/mol. The molecule has 0 bridgehead atoms. The van der Waals surface area contributed by atoms with Crippen LogP contribution in [0.3, 0.4) is 0 Å². The van der Waals surface area contributed by atoms with Crippen molar-refractivity contribution in [3.8, 4) is 0 Å². The predicted octanol–water partition coefficient (Wildman–Crippen LogP) is 3.52. The molecule has 0 N–H and O–H groups in total. The molecular weight excluding hydrogens is 290 g/mol.